The molecular formula is C8H10NO5S+. The van der Waals surface area contributed by atoms with Crippen molar-refractivity contribution in [2.45, 2.75) is 0 Å². The van der Waals surface area contributed by atoms with Gasteiger partial charge in [0, 0.05) is 18.2 Å². The molecule has 0 aromatic carbocycles. The van der Waals surface area contributed by atoms with Crippen molar-refractivity contribution >= 4 is 16.3 Å². The van der Waals surface area contributed by atoms with Crippen molar-refractivity contribution in [3.63, 3.8) is 0 Å². The van der Waals surface area contributed by atoms with Crippen molar-refractivity contribution in [2.75, 3.05) is 0 Å². The summed E-state index contributed by atoms with van der Waals surface area (Å²) in [6, 6.07) is 5.44. The van der Waals surface area contributed by atoms with E-state index in [1.54, 1.807) is 24.5 Å². The lowest BCUT2D eigenvalue weighted by Crippen LogP contribution is -2.39. The highest BCUT2D eigenvalue weighted by atomic mass is 32.3. The first-order chi connectivity index (χ1) is 6.84. The number of aromatic nitrogens is 1. The molecule has 1 rings (SSSR count). The molecule has 0 amide bonds. The van der Waals surface area contributed by atoms with Crippen LogP contribution in [0.15, 0.2) is 43.2 Å². The molecule has 0 aliphatic carbocycles. The van der Waals surface area contributed by atoms with Gasteiger partial charge in [-0.25, -0.2) is 4.79 Å². The van der Waals surface area contributed by atoms with E-state index in [1.807, 2.05) is 6.07 Å². The second-order valence-electron chi connectivity index (χ2n) is 2.27. The quantitative estimate of drug-likeness (QED) is 0.408. The summed E-state index contributed by atoms with van der Waals surface area (Å²) < 4.78 is 33.0. The van der Waals surface area contributed by atoms with Crippen molar-refractivity contribution < 1.29 is 26.9 Å². The molecule has 0 atom stereocenters. The third-order valence-corrected chi connectivity index (χ3v) is 1.14. The van der Waals surface area contributed by atoms with Gasteiger partial charge in [0.2, 0.25) is 0 Å². The normalized spacial score (nSPS) is 9.73. The molecular weight excluding hydrogens is 222 g/mol. The molecule has 15 heavy (non-hydrogen) atoms. The van der Waals surface area contributed by atoms with E-state index >= 15 is 0 Å². The van der Waals surface area contributed by atoms with Crippen LogP contribution in [0, 0.1) is 0 Å². The Hall–Kier alpha value is -1.57. The van der Waals surface area contributed by atoms with E-state index in [4.69, 9.17) is 17.5 Å². The van der Waals surface area contributed by atoms with Gasteiger partial charge in [-0.3, -0.25) is 9.11 Å². The Morgan fingerprint density at radius 2 is 1.60 bits per heavy atom. The van der Waals surface area contributed by atoms with Crippen molar-refractivity contribution in [3.8, 4) is 0 Å². The number of nitrogens with zero attached hydrogens (tertiary/aromatic N) is 1. The number of hydrogen-bond donors (Lipinski definition) is 2. The Balaban J connectivity index is 0.000000336. The van der Waals surface area contributed by atoms with Crippen LogP contribution in [0.4, 0.5) is 0 Å². The van der Waals surface area contributed by atoms with Crippen molar-refractivity contribution in [2.24, 2.45) is 0 Å². The van der Waals surface area contributed by atoms with E-state index in [0.29, 0.717) is 0 Å². The summed E-state index contributed by atoms with van der Waals surface area (Å²) in [4.78, 5) is 10.9. The summed E-state index contributed by atoms with van der Waals surface area (Å²) in [6.07, 6.45) is 4.65. The molecule has 7 heteroatoms. The predicted octanol–water partition coefficient (Wildman–Crippen LogP) is 0.148. The second kappa shape index (κ2) is 6.02. The first-order valence-corrected chi connectivity index (χ1v) is 5.07. The van der Waals surface area contributed by atoms with Gasteiger partial charge in [0.1, 0.15) is 0 Å². The van der Waals surface area contributed by atoms with E-state index in [9.17, 15) is 4.79 Å². The molecule has 0 aliphatic heterocycles. The van der Waals surface area contributed by atoms with E-state index in [0.717, 1.165) is 0 Å². The van der Waals surface area contributed by atoms with E-state index in [2.05, 4.69) is 6.58 Å². The van der Waals surface area contributed by atoms with E-state index < -0.39 is 10.4 Å². The third kappa shape index (κ3) is 8.75. The van der Waals surface area contributed by atoms with Gasteiger partial charge in [0.15, 0.2) is 12.4 Å². The highest BCUT2D eigenvalue weighted by Gasteiger charge is 2.04. The zero-order valence-electron chi connectivity index (χ0n) is 7.65. The largest absolute Gasteiger partial charge is 0.416 e. The fourth-order valence-electron chi connectivity index (χ4n) is 0.651. The van der Waals surface area contributed by atoms with Crippen LogP contribution in [0.25, 0.3) is 0 Å². The fourth-order valence-corrected chi connectivity index (χ4v) is 0.651. The van der Waals surface area contributed by atoms with Crippen LogP contribution in [0.2, 0.25) is 0 Å². The van der Waals surface area contributed by atoms with Gasteiger partial charge in [0.25, 0.3) is 0 Å². The number of carbonyl (C=O) groups is 1. The molecule has 0 bridgehead atoms. The molecule has 1 aromatic rings. The Kier molecular flexibility index (Phi) is 5.39. The molecule has 0 radical (unpaired) electrons. The second-order valence-corrected chi connectivity index (χ2v) is 3.17. The SMILES string of the molecule is C=CC(=O)[n+]1ccccc1.O=S(=O)(O)O. The zero-order chi connectivity index (χ0) is 11.9. The van der Waals surface area contributed by atoms with Gasteiger partial charge in [-0.15, -0.1) is 4.57 Å². The zero-order valence-corrected chi connectivity index (χ0v) is 8.46. The van der Waals surface area contributed by atoms with Gasteiger partial charge >= 0.3 is 16.3 Å². The molecule has 0 unspecified atom stereocenters. The average Bonchev–Trinajstić information content (AvgIpc) is 2.15. The summed E-state index contributed by atoms with van der Waals surface area (Å²) in [5.41, 5.74) is 0. The Bertz CT molecular complexity index is 418. The lowest BCUT2D eigenvalue weighted by Gasteiger charge is -1.84. The minimum Gasteiger partial charge on any atom is -0.264 e. The highest BCUT2D eigenvalue weighted by molar-refractivity contribution is 7.79. The number of pyridine rings is 1. The Morgan fingerprint density at radius 3 is 1.93 bits per heavy atom. The maximum atomic E-state index is 10.9. The maximum absolute atomic E-state index is 10.9. The average molecular weight is 232 g/mol. The van der Waals surface area contributed by atoms with Crippen LogP contribution in [0.1, 0.15) is 4.79 Å². The molecule has 0 fully saturated rings. The highest BCUT2D eigenvalue weighted by Crippen LogP contribution is 1.76. The predicted molar refractivity (Wildman–Crippen MR) is 51.6 cm³/mol. The van der Waals surface area contributed by atoms with Gasteiger partial charge < -0.3 is 0 Å². The standard InChI is InChI=1S/C8H8NO.H2O4S/c1-2-8(10)9-6-4-3-5-7-9;1-5(2,3)4/h2-7H,1H2;(H2,1,2,3,4)/q+1;. The molecule has 0 saturated carbocycles. The molecule has 82 valence electrons. The summed E-state index contributed by atoms with van der Waals surface area (Å²) in [5.74, 6) is -0.111. The molecule has 2 N–H and O–H groups in total. The number of hydrogen-bond acceptors (Lipinski definition) is 3. The first kappa shape index (κ1) is 13.4. The van der Waals surface area contributed by atoms with Gasteiger partial charge in [-0.05, 0) is 0 Å². The van der Waals surface area contributed by atoms with Gasteiger partial charge in [0.05, 0.1) is 0 Å². The van der Waals surface area contributed by atoms with Crippen LogP contribution in [-0.2, 0) is 10.4 Å². The summed E-state index contributed by atoms with van der Waals surface area (Å²) in [5, 5.41) is 0. The van der Waals surface area contributed by atoms with E-state index in [-0.39, 0.29) is 5.91 Å². The Morgan fingerprint density at radius 1 is 1.20 bits per heavy atom. The Labute approximate surface area is 87.1 Å². The molecule has 0 saturated heterocycles. The van der Waals surface area contributed by atoms with Crippen molar-refractivity contribution in [1.29, 1.82) is 0 Å². The maximum Gasteiger partial charge on any atom is 0.416 e. The number of rotatable bonds is 1. The van der Waals surface area contributed by atoms with Crippen LogP contribution in [-0.4, -0.2) is 23.4 Å². The minimum atomic E-state index is -4.67. The van der Waals surface area contributed by atoms with Crippen LogP contribution in [0.5, 0.6) is 0 Å². The van der Waals surface area contributed by atoms with Crippen molar-refractivity contribution in [1.82, 2.24) is 0 Å². The summed E-state index contributed by atoms with van der Waals surface area (Å²) in [7, 11) is -4.67. The van der Waals surface area contributed by atoms with Gasteiger partial charge in [-0.1, -0.05) is 12.6 Å². The molecule has 1 aromatic heterocycles. The molecule has 0 aliphatic rings. The smallest absolute Gasteiger partial charge is 0.264 e. The first-order valence-electron chi connectivity index (χ1n) is 3.67. The molecule has 0 spiro atoms. The molecule has 1 heterocycles. The van der Waals surface area contributed by atoms with Crippen LogP contribution in [0.3, 0.4) is 0 Å². The number of allylic oxidation sites excluding steroid dienone is 1. The minimum absolute atomic E-state index is 0.111. The lowest BCUT2D eigenvalue weighted by atomic mass is 10.4. The summed E-state index contributed by atoms with van der Waals surface area (Å²) >= 11 is 0. The lowest BCUT2D eigenvalue weighted by molar-refractivity contribution is -0.570. The summed E-state index contributed by atoms with van der Waals surface area (Å²) in [6.45, 7) is 3.37. The van der Waals surface area contributed by atoms with Gasteiger partial charge in [-0.2, -0.15) is 8.42 Å². The molecule has 6 nitrogen and oxygen atoms in total. The van der Waals surface area contributed by atoms with E-state index in [1.165, 1.54) is 10.6 Å². The van der Waals surface area contributed by atoms with Crippen molar-refractivity contribution in [3.05, 3.63) is 43.2 Å². The monoisotopic (exact) mass is 232 g/mol. The van der Waals surface area contributed by atoms with Crippen LogP contribution >= 0.6 is 0 Å². The topological polar surface area (TPSA) is 95.5 Å². The third-order valence-electron chi connectivity index (χ3n) is 1.14. The van der Waals surface area contributed by atoms with Crippen LogP contribution < -0.4 is 4.57 Å². The fraction of sp³-hybridized carbons (Fsp3) is 0. The number of carbonyl (C=O) groups excluding carboxylic acids is 1.